The van der Waals surface area contributed by atoms with Gasteiger partial charge >= 0.3 is 0 Å². The zero-order valence-corrected chi connectivity index (χ0v) is 11.8. The minimum absolute atomic E-state index is 0.661. The van der Waals surface area contributed by atoms with Gasteiger partial charge < -0.3 is 0 Å². The van der Waals surface area contributed by atoms with Crippen LogP contribution in [0, 0.1) is 0 Å². The van der Waals surface area contributed by atoms with Gasteiger partial charge in [-0.25, -0.2) is 4.98 Å². The Morgan fingerprint density at radius 1 is 1.25 bits per heavy atom. The van der Waals surface area contributed by atoms with Crippen LogP contribution in [-0.4, -0.2) is 16.5 Å². The summed E-state index contributed by atoms with van der Waals surface area (Å²) >= 11 is 3.50. The van der Waals surface area contributed by atoms with Crippen molar-refractivity contribution in [1.82, 2.24) is 4.98 Å². The highest BCUT2D eigenvalue weighted by Gasteiger charge is 2.31. The molecule has 2 aliphatic rings. The van der Waals surface area contributed by atoms with Gasteiger partial charge in [-0.2, -0.15) is 0 Å². The van der Waals surface area contributed by atoms with Gasteiger partial charge in [0.2, 0.25) is 0 Å². The molecular weight excluding hydrogens is 282 g/mol. The van der Waals surface area contributed by atoms with E-state index < -0.39 is 0 Å². The first kappa shape index (κ1) is 11.1. The van der Waals surface area contributed by atoms with Crippen molar-refractivity contribution in [3.63, 3.8) is 0 Å². The van der Waals surface area contributed by atoms with Gasteiger partial charge in [0.05, 0.1) is 5.69 Å². The van der Waals surface area contributed by atoms with E-state index in [0.717, 1.165) is 10.5 Å². The molecule has 1 aromatic rings. The molecule has 0 spiro atoms. The second-order valence-corrected chi connectivity index (χ2v) is 7.97. The number of nitrogens with zero attached hydrogens (tertiary/aromatic N) is 1. The highest BCUT2D eigenvalue weighted by molar-refractivity contribution is 9.10. The molecule has 1 aliphatic heterocycles. The first-order chi connectivity index (χ1) is 7.83. The summed E-state index contributed by atoms with van der Waals surface area (Å²) < 4.78 is 1.01. The zero-order valence-electron chi connectivity index (χ0n) is 9.42. The molecule has 86 valence electrons. The smallest absolute Gasteiger partial charge is 0.135 e. The Balaban J connectivity index is 1.81. The Labute approximate surface area is 109 Å². The third-order valence-corrected chi connectivity index (χ3v) is 6.31. The van der Waals surface area contributed by atoms with Crippen molar-refractivity contribution in [3.8, 4) is 0 Å². The van der Waals surface area contributed by atoms with Gasteiger partial charge in [0.25, 0.3) is 0 Å². The van der Waals surface area contributed by atoms with Gasteiger partial charge in [-0.1, -0.05) is 0 Å². The molecule has 2 heterocycles. The molecule has 1 saturated carbocycles. The zero-order chi connectivity index (χ0) is 11.0. The Hall–Kier alpha value is -0.0200. The molecule has 0 aromatic carbocycles. The molecular formula is C13H17BrNS+. The maximum atomic E-state index is 4.70. The molecule has 0 N–H and O–H groups in total. The monoisotopic (exact) mass is 298 g/mol. The van der Waals surface area contributed by atoms with Crippen LogP contribution in [0.3, 0.4) is 0 Å². The SMILES string of the molecule is Brc1ccc(C[S+]2CCCC2)c(C2CC2)n1. The summed E-state index contributed by atoms with van der Waals surface area (Å²) in [5.41, 5.74) is 2.93. The van der Waals surface area contributed by atoms with Crippen molar-refractivity contribution in [2.24, 2.45) is 0 Å². The van der Waals surface area contributed by atoms with Gasteiger partial charge in [-0.3, -0.25) is 0 Å². The lowest BCUT2D eigenvalue weighted by Crippen LogP contribution is -2.09. The van der Waals surface area contributed by atoms with E-state index in [1.165, 1.54) is 54.2 Å². The molecule has 16 heavy (non-hydrogen) atoms. The van der Waals surface area contributed by atoms with Crippen molar-refractivity contribution in [2.45, 2.75) is 37.4 Å². The summed E-state index contributed by atoms with van der Waals surface area (Å²) in [6.07, 6.45) is 5.60. The lowest BCUT2D eigenvalue weighted by atomic mass is 10.1. The molecule has 0 unspecified atom stereocenters. The number of aromatic nitrogens is 1. The van der Waals surface area contributed by atoms with E-state index in [9.17, 15) is 0 Å². The summed E-state index contributed by atoms with van der Waals surface area (Å²) in [5.74, 6) is 4.99. The van der Waals surface area contributed by atoms with Crippen LogP contribution in [0.25, 0.3) is 0 Å². The molecule has 3 heteroatoms. The summed E-state index contributed by atoms with van der Waals surface area (Å²) in [7, 11) is 0.661. The summed E-state index contributed by atoms with van der Waals surface area (Å²) in [4.78, 5) is 4.70. The van der Waals surface area contributed by atoms with E-state index >= 15 is 0 Å². The molecule has 1 nitrogen and oxygen atoms in total. The average Bonchev–Trinajstić information content (AvgIpc) is 3.00. The summed E-state index contributed by atoms with van der Waals surface area (Å²) in [6, 6.07) is 4.41. The van der Waals surface area contributed by atoms with Crippen molar-refractivity contribution in [3.05, 3.63) is 28.0 Å². The minimum Gasteiger partial charge on any atom is -0.245 e. The predicted octanol–water partition coefficient (Wildman–Crippen LogP) is 3.63. The van der Waals surface area contributed by atoms with E-state index in [4.69, 9.17) is 4.98 Å². The van der Waals surface area contributed by atoms with E-state index in [0.29, 0.717) is 10.9 Å². The number of pyridine rings is 1. The maximum absolute atomic E-state index is 4.70. The van der Waals surface area contributed by atoms with Crippen molar-refractivity contribution >= 4 is 26.8 Å². The minimum atomic E-state index is 0.661. The number of rotatable bonds is 3. The largest absolute Gasteiger partial charge is 0.245 e. The molecule has 2 fully saturated rings. The maximum Gasteiger partial charge on any atom is 0.135 e. The lowest BCUT2D eigenvalue weighted by Gasteiger charge is -2.07. The second kappa shape index (κ2) is 4.69. The van der Waals surface area contributed by atoms with Crippen molar-refractivity contribution in [1.29, 1.82) is 0 Å². The molecule has 0 amide bonds. The van der Waals surface area contributed by atoms with Gasteiger partial charge in [0, 0.05) is 11.5 Å². The van der Waals surface area contributed by atoms with Crippen LogP contribution in [0.2, 0.25) is 0 Å². The van der Waals surface area contributed by atoms with Gasteiger partial charge in [-0.05, 0) is 64.6 Å². The topological polar surface area (TPSA) is 12.9 Å². The lowest BCUT2D eigenvalue weighted by molar-refractivity contribution is 0.949. The van der Waals surface area contributed by atoms with Gasteiger partial charge in [0.1, 0.15) is 21.9 Å². The Morgan fingerprint density at radius 3 is 2.69 bits per heavy atom. The van der Waals surface area contributed by atoms with Crippen LogP contribution < -0.4 is 0 Å². The molecule has 0 radical (unpaired) electrons. The third-order valence-electron chi connectivity index (χ3n) is 3.42. The predicted molar refractivity (Wildman–Crippen MR) is 73.9 cm³/mol. The van der Waals surface area contributed by atoms with E-state index in [-0.39, 0.29) is 0 Å². The molecule has 1 aromatic heterocycles. The van der Waals surface area contributed by atoms with Crippen LogP contribution in [0.15, 0.2) is 16.7 Å². The van der Waals surface area contributed by atoms with E-state index in [1.807, 2.05) is 0 Å². The highest BCUT2D eigenvalue weighted by atomic mass is 79.9. The first-order valence-corrected chi connectivity index (χ1v) is 8.65. The first-order valence-electron chi connectivity index (χ1n) is 6.12. The Kier molecular flexibility index (Phi) is 3.25. The highest BCUT2D eigenvalue weighted by Crippen LogP contribution is 2.41. The van der Waals surface area contributed by atoms with Crippen LogP contribution in [0.4, 0.5) is 0 Å². The third kappa shape index (κ3) is 2.45. The van der Waals surface area contributed by atoms with Gasteiger partial charge in [-0.15, -0.1) is 0 Å². The molecule has 1 aliphatic carbocycles. The fourth-order valence-corrected chi connectivity index (χ4v) is 5.11. The normalized spacial score (nSPS) is 21.6. The van der Waals surface area contributed by atoms with E-state index in [1.54, 1.807) is 0 Å². The standard InChI is InChI=1S/C13H17BrNS/c14-12-6-5-11(9-16-7-1-2-8-16)13(15-12)10-3-4-10/h5-6,10H,1-4,7-9H2/q+1. The number of hydrogen-bond donors (Lipinski definition) is 0. The Bertz CT molecular complexity index is 384. The van der Waals surface area contributed by atoms with Gasteiger partial charge in [0.15, 0.2) is 0 Å². The van der Waals surface area contributed by atoms with E-state index in [2.05, 4.69) is 28.1 Å². The molecule has 3 rings (SSSR count). The van der Waals surface area contributed by atoms with Crippen molar-refractivity contribution in [2.75, 3.05) is 11.5 Å². The molecule has 0 atom stereocenters. The van der Waals surface area contributed by atoms with Crippen LogP contribution in [0.5, 0.6) is 0 Å². The average molecular weight is 299 g/mol. The fourth-order valence-electron chi connectivity index (χ4n) is 2.39. The van der Waals surface area contributed by atoms with Crippen LogP contribution in [-0.2, 0) is 16.6 Å². The number of halogens is 1. The van der Waals surface area contributed by atoms with Crippen LogP contribution in [0.1, 0.15) is 42.9 Å². The molecule has 1 saturated heterocycles. The molecule has 0 bridgehead atoms. The quantitative estimate of drug-likeness (QED) is 0.613. The number of hydrogen-bond acceptors (Lipinski definition) is 1. The fraction of sp³-hybridized carbons (Fsp3) is 0.615. The summed E-state index contributed by atoms with van der Waals surface area (Å²) in [6.45, 7) is 0. The summed E-state index contributed by atoms with van der Waals surface area (Å²) in [5, 5.41) is 0. The Morgan fingerprint density at radius 2 is 2.00 bits per heavy atom. The van der Waals surface area contributed by atoms with Crippen molar-refractivity contribution < 1.29 is 0 Å². The second-order valence-electron chi connectivity index (χ2n) is 4.82. The van der Waals surface area contributed by atoms with Crippen LogP contribution >= 0.6 is 15.9 Å².